The van der Waals surface area contributed by atoms with Crippen LogP contribution in [-0.2, 0) is 4.79 Å². The third kappa shape index (κ3) is 4.76. The average Bonchev–Trinajstić information content (AvgIpc) is 2.68. The van der Waals surface area contributed by atoms with Crippen LogP contribution in [0.4, 0.5) is 10.1 Å². The normalized spacial score (nSPS) is 16.2. The van der Waals surface area contributed by atoms with Crippen molar-refractivity contribution in [2.45, 2.75) is 25.8 Å². The zero-order chi connectivity index (χ0) is 19.4. The second-order valence-corrected chi connectivity index (χ2v) is 7.29. The fraction of sp³-hybridized carbons (Fsp3) is 0.400. The van der Waals surface area contributed by atoms with Gasteiger partial charge in [0.05, 0.1) is 12.6 Å². The van der Waals surface area contributed by atoms with E-state index in [4.69, 9.17) is 11.6 Å². The average molecular weight is 392 g/mol. The van der Waals surface area contributed by atoms with Crippen LogP contribution >= 0.6 is 11.6 Å². The van der Waals surface area contributed by atoms with Gasteiger partial charge in [-0.25, -0.2) is 4.98 Å². The molecule has 2 N–H and O–H groups in total. The first-order valence-electron chi connectivity index (χ1n) is 9.01. The third-order valence-electron chi connectivity index (χ3n) is 5.00. The molecule has 0 spiro atoms. The number of pyridine rings is 1. The van der Waals surface area contributed by atoms with Crippen molar-refractivity contribution in [2.75, 3.05) is 24.6 Å². The minimum absolute atomic E-state index is 0.0775. The van der Waals surface area contributed by atoms with Crippen molar-refractivity contribution < 1.29 is 14.3 Å². The van der Waals surface area contributed by atoms with Crippen LogP contribution in [0.1, 0.15) is 30.0 Å². The Kier molecular flexibility index (Phi) is 6.29. The Morgan fingerprint density at radius 3 is 2.81 bits per heavy atom. The van der Waals surface area contributed by atoms with Crippen molar-refractivity contribution in [3.63, 3.8) is 0 Å². The van der Waals surface area contributed by atoms with E-state index in [1.54, 1.807) is 18.2 Å². The molecule has 1 atom stereocenters. The Morgan fingerprint density at radius 2 is 2.15 bits per heavy atom. The number of carbonyl (C=O) groups is 1. The van der Waals surface area contributed by atoms with E-state index in [-0.39, 0.29) is 18.4 Å². The highest BCUT2D eigenvalue weighted by molar-refractivity contribution is 6.30. The van der Waals surface area contributed by atoms with Crippen LogP contribution in [0.15, 0.2) is 36.5 Å². The Bertz CT molecular complexity index is 810. The second-order valence-electron chi connectivity index (χ2n) is 6.85. The summed E-state index contributed by atoms with van der Waals surface area (Å²) < 4.78 is 13.4. The molecule has 144 valence electrons. The molecule has 0 radical (unpaired) electrons. The van der Waals surface area contributed by atoms with Gasteiger partial charge in [-0.2, -0.15) is 4.39 Å². The molecule has 2 aromatic rings. The Labute approximate surface area is 163 Å². The van der Waals surface area contributed by atoms with E-state index < -0.39 is 12.0 Å². The summed E-state index contributed by atoms with van der Waals surface area (Å²) in [4.78, 5) is 18.4. The quantitative estimate of drug-likeness (QED) is 0.768. The van der Waals surface area contributed by atoms with Gasteiger partial charge in [0.2, 0.25) is 11.9 Å². The van der Waals surface area contributed by atoms with Gasteiger partial charge in [-0.3, -0.25) is 4.79 Å². The maximum absolute atomic E-state index is 13.4. The van der Waals surface area contributed by atoms with Gasteiger partial charge in [-0.15, -0.1) is 0 Å². The lowest BCUT2D eigenvalue weighted by Gasteiger charge is -2.34. The van der Waals surface area contributed by atoms with Crippen LogP contribution < -0.4 is 10.2 Å². The first-order valence-corrected chi connectivity index (χ1v) is 9.39. The number of hydrogen-bond acceptors (Lipinski definition) is 4. The van der Waals surface area contributed by atoms with Gasteiger partial charge in [0.15, 0.2) is 0 Å². The summed E-state index contributed by atoms with van der Waals surface area (Å²) in [6.45, 7) is 3.05. The van der Waals surface area contributed by atoms with Gasteiger partial charge in [0, 0.05) is 42.0 Å². The van der Waals surface area contributed by atoms with E-state index in [0.29, 0.717) is 31.0 Å². The Balaban J connectivity index is 1.60. The molecule has 3 rings (SSSR count). The lowest BCUT2D eigenvalue weighted by Crippen LogP contribution is -2.42. The highest BCUT2D eigenvalue weighted by atomic mass is 35.5. The summed E-state index contributed by atoms with van der Waals surface area (Å²) >= 11 is 6.00. The van der Waals surface area contributed by atoms with Crippen LogP contribution in [0.5, 0.6) is 0 Å². The van der Waals surface area contributed by atoms with Crippen molar-refractivity contribution in [3.05, 3.63) is 58.6 Å². The van der Waals surface area contributed by atoms with E-state index >= 15 is 0 Å². The van der Waals surface area contributed by atoms with Gasteiger partial charge in [-0.05, 0) is 43.0 Å². The molecule has 1 aromatic carbocycles. The smallest absolute Gasteiger partial charge is 0.223 e. The number of hydrogen-bond donors (Lipinski definition) is 2. The van der Waals surface area contributed by atoms with E-state index in [2.05, 4.69) is 15.2 Å². The molecule has 1 aliphatic heterocycles. The zero-order valence-corrected chi connectivity index (χ0v) is 15.9. The van der Waals surface area contributed by atoms with Gasteiger partial charge in [0.25, 0.3) is 0 Å². The SMILES string of the molecule is Cc1cnc(F)cc1N1CCC(C(=O)N[C@H](CO)c2cccc(Cl)c2)CC1. The number of aliphatic hydroxyl groups is 1. The molecular weight excluding hydrogens is 369 g/mol. The molecule has 1 amide bonds. The summed E-state index contributed by atoms with van der Waals surface area (Å²) in [5.41, 5.74) is 2.52. The van der Waals surface area contributed by atoms with Crippen LogP contribution in [0, 0.1) is 18.8 Å². The van der Waals surface area contributed by atoms with Crippen molar-refractivity contribution in [2.24, 2.45) is 5.92 Å². The monoisotopic (exact) mass is 391 g/mol. The molecule has 7 heteroatoms. The van der Waals surface area contributed by atoms with E-state index in [1.165, 1.54) is 12.3 Å². The number of carbonyl (C=O) groups excluding carboxylic acids is 1. The largest absolute Gasteiger partial charge is 0.394 e. The van der Waals surface area contributed by atoms with E-state index in [0.717, 1.165) is 16.8 Å². The molecule has 5 nitrogen and oxygen atoms in total. The number of rotatable bonds is 5. The topological polar surface area (TPSA) is 65.5 Å². The minimum Gasteiger partial charge on any atom is -0.394 e. The molecular formula is C20H23ClFN3O2. The van der Waals surface area contributed by atoms with Crippen molar-refractivity contribution in [1.82, 2.24) is 10.3 Å². The maximum atomic E-state index is 13.4. The molecule has 0 unspecified atom stereocenters. The van der Waals surface area contributed by atoms with Gasteiger partial charge < -0.3 is 15.3 Å². The highest BCUT2D eigenvalue weighted by Crippen LogP contribution is 2.27. The van der Waals surface area contributed by atoms with Crippen molar-refractivity contribution in [1.29, 1.82) is 0 Å². The highest BCUT2D eigenvalue weighted by Gasteiger charge is 2.27. The van der Waals surface area contributed by atoms with E-state index in [1.807, 2.05) is 13.0 Å². The van der Waals surface area contributed by atoms with Gasteiger partial charge >= 0.3 is 0 Å². The fourth-order valence-electron chi connectivity index (χ4n) is 3.46. The molecule has 2 heterocycles. The molecule has 0 aliphatic carbocycles. The number of aliphatic hydroxyl groups excluding tert-OH is 1. The number of nitrogens with zero attached hydrogens (tertiary/aromatic N) is 2. The Morgan fingerprint density at radius 1 is 1.41 bits per heavy atom. The Hall–Kier alpha value is -2.18. The summed E-state index contributed by atoms with van der Waals surface area (Å²) in [6, 6.07) is 8.08. The number of aryl methyl sites for hydroxylation is 1. The predicted molar refractivity (Wildman–Crippen MR) is 103 cm³/mol. The summed E-state index contributed by atoms with van der Waals surface area (Å²) in [5.74, 6) is -0.712. The zero-order valence-electron chi connectivity index (χ0n) is 15.2. The van der Waals surface area contributed by atoms with Gasteiger partial charge in [-0.1, -0.05) is 23.7 Å². The number of piperidine rings is 1. The number of halogens is 2. The first-order chi connectivity index (χ1) is 13.0. The standard InChI is InChI=1S/C20H23ClFN3O2/c1-13-11-23-19(22)10-18(13)25-7-5-14(6-8-25)20(27)24-17(12-26)15-3-2-4-16(21)9-15/h2-4,9-11,14,17,26H,5-8,12H2,1H3,(H,24,27)/t17-/m1/s1. The van der Waals surface area contributed by atoms with Crippen LogP contribution in [0.25, 0.3) is 0 Å². The van der Waals surface area contributed by atoms with Crippen LogP contribution in [0.3, 0.4) is 0 Å². The third-order valence-corrected chi connectivity index (χ3v) is 5.23. The number of aromatic nitrogens is 1. The lowest BCUT2D eigenvalue weighted by atomic mass is 9.94. The number of amides is 1. The van der Waals surface area contributed by atoms with Crippen LogP contribution in [0.2, 0.25) is 5.02 Å². The van der Waals surface area contributed by atoms with E-state index in [9.17, 15) is 14.3 Å². The first kappa shape index (κ1) is 19.6. The molecule has 1 aliphatic rings. The fourth-order valence-corrected chi connectivity index (χ4v) is 3.66. The van der Waals surface area contributed by atoms with Gasteiger partial charge in [0.1, 0.15) is 0 Å². The van der Waals surface area contributed by atoms with Crippen molar-refractivity contribution >= 4 is 23.2 Å². The maximum Gasteiger partial charge on any atom is 0.223 e. The summed E-state index contributed by atoms with van der Waals surface area (Å²) in [7, 11) is 0. The number of benzene rings is 1. The molecule has 1 saturated heterocycles. The number of anilines is 1. The molecule has 1 aromatic heterocycles. The number of nitrogens with one attached hydrogen (secondary N) is 1. The summed E-state index contributed by atoms with van der Waals surface area (Å²) in [6.07, 6.45) is 2.87. The minimum atomic E-state index is -0.497. The molecule has 1 fully saturated rings. The molecule has 27 heavy (non-hydrogen) atoms. The second kappa shape index (κ2) is 8.67. The predicted octanol–water partition coefficient (Wildman–Crippen LogP) is 3.25. The summed E-state index contributed by atoms with van der Waals surface area (Å²) in [5, 5.41) is 13.1. The molecule has 0 saturated carbocycles. The van der Waals surface area contributed by atoms with Crippen molar-refractivity contribution in [3.8, 4) is 0 Å². The van der Waals surface area contributed by atoms with Crippen LogP contribution in [-0.4, -0.2) is 35.7 Å². The molecule has 0 bridgehead atoms. The lowest BCUT2D eigenvalue weighted by molar-refractivity contribution is -0.126.